The van der Waals surface area contributed by atoms with Crippen molar-refractivity contribution in [1.29, 1.82) is 0 Å². The summed E-state index contributed by atoms with van der Waals surface area (Å²) in [5, 5.41) is 5.11. The lowest BCUT2D eigenvalue weighted by Crippen LogP contribution is -1.74. The van der Waals surface area contributed by atoms with Gasteiger partial charge < -0.3 is 0 Å². The largest absolute Gasteiger partial charge is 0.220 e. The second-order valence-corrected chi connectivity index (χ2v) is 3.89. The lowest BCUT2D eigenvalue weighted by atomic mass is 10.3. The van der Waals surface area contributed by atoms with Crippen LogP contribution in [0.1, 0.15) is 5.01 Å². The van der Waals surface area contributed by atoms with Crippen LogP contribution in [0.15, 0.2) is 16.8 Å². The topological polar surface area (TPSA) is 25.8 Å². The molecule has 2 heterocycles. The highest BCUT2D eigenvalue weighted by molar-refractivity contribution is 7.08. The molecule has 0 bridgehead atoms. The first kappa shape index (κ1) is 6.94. The highest BCUT2D eigenvalue weighted by atomic mass is 32.1. The van der Waals surface area contributed by atoms with Crippen molar-refractivity contribution < 1.29 is 0 Å². The van der Waals surface area contributed by atoms with Crippen molar-refractivity contribution in [2.45, 2.75) is 6.92 Å². The molecule has 0 spiro atoms. The molecule has 2 nitrogen and oxygen atoms in total. The minimum atomic E-state index is 0.855. The Balaban J connectivity index is 2.45. The maximum atomic E-state index is 4.27. The van der Waals surface area contributed by atoms with Gasteiger partial charge in [0.15, 0.2) is 5.82 Å². The zero-order valence-corrected chi connectivity index (χ0v) is 7.58. The highest BCUT2D eigenvalue weighted by Crippen LogP contribution is 2.19. The molecular weight excluding hydrogens is 176 g/mol. The van der Waals surface area contributed by atoms with Gasteiger partial charge in [-0.1, -0.05) is 0 Å². The van der Waals surface area contributed by atoms with Crippen molar-refractivity contribution in [3.8, 4) is 11.4 Å². The van der Waals surface area contributed by atoms with E-state index in [1.54, 1.807) is 11.3 Å². The van der Waals surface area contributed by atoms with Crippen molar-refractivity contribution in [1.82, 2.24) is 9.36 Å². The number of rotatable bonds is 1. The van der Waals surface area contributed by atoms with Crippen LogP contribution < -0.4 is 0 Å². The molecule has 0 radical (unpaired) electrons. The lowest BCUT2D eigenvalue weighted by Gasteiger charge is -1.83. The van der Waals surface area contributed by atoms with E-state index >= 15 is 0 Å². The first-order valence-electron chi connectivity index (χ1n) is 3.19. The van der Waals surface area contributed by atoms with Gasteiger partial charge in [0, 0.05) is 10.9 Å². The van der Waals surface area contributed by atoms with Crippen LogP contribution in [-0.4, -0.2) is 9.36 Å². The van der Waals surface area contributed by atoms with E-state index in [-0.39, 0.29) is 0 Å². The molecule has 4 heteroatoms. The lowest BCUT2D eigenvalue weighted by molar-refractivity contribution is 1.26. The monoisotopic (exact) mass is 182 g/mol. The molecule has 0 amide bonds. The predicted molar refractivity (Wildman–Crippen MR) is 48.0 cm³/mol. The summed E-state index contributed by atoms with van der Waals surface area (Å²) in [4.78, 5) is 4.27. The molecule has 0 atom stereocenters. The molecule has 0 aliphatic heterocycles. The van der Waals surface area contributed by atoms with Crippen molar-refractivity contribution in [2.75, 3.05) is 0 Å². The summed E-state index contributed by atoms with van der Waals surface area (Å²) in [5.41, 5.74) is 1.12. The molecule has 2 aromatic heterocycles. The van der Waals surface area contributed by atoms with E-state index in [9.17, 15) is 0 Å². The fourth-order valence-electron chi connectivity index (χ4n) is 0.808. The van der Waals surface area contributed by atoms with Crippen LogP contribution in [0.3, 0.4) is 0 Å². The second-order valence-electron chi connectivity index (χ2n) is 2.15. The smallest absolute Gasteiger partial charge is 0.173 e. The van der Waals surface area contributed by atoms with Gasteiger partial charge in [0.05, 0.1) is 0 Å². The van der Waals surface area contributed by atoms with Gasteiger partial charge in [0.2, 0.25) is 0 Å². The van der Waals surface area contributed by atoms with Gasteiger partial charge in [-0.3, -0.25) is 0 Å². The zero-order valence-electron chi connectivity index (χ0n) is 5.94. The normalized spacial score (nSPS) is 10.3. The summed E-state index contributed by atoms with van der Waals surface area (Å²) in [7, 11) is 0. The van der Waals surface area contributed by atoms with E-state index in [4.69, 9.17) is 0 Å². The van der Waals surface area contributed by atoms with Gasteiger partial charge in [0.1, 0.15) is 5.01 Å². The Labute approximate surface area is 72.7 Å². The fourth-order valence-corrected chi connectivity index (χ4v) is 1.93. The van der Waals surface area contributed by atoms with Crippen LogP contribution in [0, 0.1) is 6.92 Å². The Bertz CT molecular complexity index is 337. The molecule has 0 fully saturated rings. The van der Waals surface area contributed by atoms with Crippen LogP contribution in [0.25, 0.3) is 11.4 Å². The number of hydrogen-bond acceptors (Lipinski definition) is 4. The summed E-state index contributed by atoms with van der Waals surface area (Å²) in [6.07, 6.45) is 0. The Kier molecular flexibility index (Phi) is 1.71. The second kappa shape index (κ2) is 2.71. The molecule has 0 unspecified atom stereocenters. The zero-order chi connectivity index (χ0) is 7.68. The van der Waals surface area contributed by atoms with E-state index in [0.717, 1.165) is 16.4 Å². The molecule has 2 aromatic rings. The standard InChI is InChI=1S/C7H6N2S2/c1-5-8-7(9-11-5)6-2-3-10-4-6/h2-4H,1H3. The summed E-state index contributed by atoms with van der Waals surface area (Å²) in [6.45, 7) is 1.97. The number of hydrogen-bond donors (Lipinski definition) is 0. The maximum Gasteiger partial charge on any atom is 0.173 e. The van der Waals surface area contributed by atoms with Crippen LogP contribution in [0.5, 0.6) is 0 Å². The Morgan fingerprint density at radius 2 is 2.36 bits per heavy atom. The van der Waals surface area contributed by atoms with Gasteiger partial charge in [0.25, 0.3) is 0 Å². The number of aryl methyl sites for hydroxylation is 1. The van der Waals surface area contributed by atoms with Crippen LogP contribution in [0.4, 0.5) is 0 Å². The first-order valence-corrected chi connectivity index (χ1v) is 4.91. The Hall–Kier alpha value is -0.740. The van der Waals surface area contributed by atoms with Crippen LogP contribution >= 0.6 is 22.9 Å². The minimum absolute atomic E-state index is 0.855. The van der Waals surface area contributed by atoms with E-state index < -0.39 is 0 Å². The summed E-state index contributed by atoms with van der Waals surface area (Å²) in [6, 6.07) is 2.03. The fraction of sp³-hybridized carbons (Fsp3) is 0.143. The number of thiophene rings is 1. The summed E-state index contributed by atoms with van der Waals surface area (Å²) < 4.78 is 4.20. The third kappa shape index (κ3) is 1.32. The van der Waals surface area contributed by atoms with Crippen LogP contribution in [-0.2, 0) is 0 Å². The average Bonchev–Trinajstić information content (AvgIpc) is 2.55. The SMILES string of the molecule is Cc1nc(-c2ccsc2)ns1. The van der Waals surface area contributed by atoms with E-state index in [1.165, 1.54) is 11.5 Å². The van der Waals surface area contributed by atoms with Gasteiger partial charge in [-0.15, -0.1) is 0 Å². The van der Waals surface area contributed by atoms with E-state index in [2.05, 4.69) is 14.7 Å². The van der Waals surface area contributed by atoms with E-state index in [0.29, 0.717) is 0 Å². The number of nitrogens with zero attached hydrogens (tertiary/aromatic N) is 2. The van der Waals surface area contributed by atoms with Gasteiger partial charge in [-0.05, 0) is 29.9 Å². The van der Waals surface area contributed by atoms with Crippen molar-refractivity contribution >= 4 is 22.9 Å². The third-order valence-corrected chi connectivity index (χ3v) is 2.61. The first-order chi connectivity index (χ1) is 5.36. The van der Waals surface area contributed by atoms with Crippen molar-refractivity contribution in [3.05, 3.63) is 21.8 Å². The van der Waals surface area contributed by atoms with Crippen molar-refractivity contribution in [3.63, 3.8) is 0 Å². The average molecular weight is 182 g/mol. The van der Waals surface area contributed by atoms with E-state index in [1.807, 2.05) is 18.4 Å². The van der Waals surface area contributed by atoms with Crippen molar-refractivity contribution in [2.24, 2.45) is 0 Å². The Morgan fingerprint density at radius 1 is 1.45 bits per heavy atom. The van der Waals surface area contributed by atoms with Gasteiger partial charge in [-0.2, -0.15) is 15.7 Å². The van der Waals surface area contributed by atoms with Gasteiger partial charge in [-0.25, -0.2) is 4.98 Å². The molecule has 0 aliphatic rings. The Morgan fingerprint density at radius 3 is 2.91 bits per heavy atom. The molecule has 0 aromatic carbocycles. The quantitative estimate of drug-likeness (QED) is 0.677. The molecule has 0 N–H and O–H groups in total. The highest BCUT2D eigenvalue weighted by Gasteiger charge is 2.02. The molecule has 56 valence electrons. The molecule has 11 heavy (non-hydrogen) atoms. The molecular formula is C7H6N2S2. The molecule has 0 saturated carbocycles. The van der Waals surface area contributed by atoms with Gasteiger partial charge >= 0.3 is 0 Å². The third-order valence-electron chi connectivity index (χ3n) is 1.31. The summed E-state index contributed by atoms with van der Waals surface area (Å²) >= 11 is 3.11. The minimum Gasteiger partial charge on any atom is -0.220 e. The molecule has 0 saturated heterocycles. The summed E-state index contributed by atoms with van der Waals surface area (Å²) in [5.74, 6) is 0.855. The molecule has 2 rings (SSSR count). The number of aromatic nitrogens is 2. The molecule has 0 aliphatic carbocycles. The maximum absolute atomic E-state index is 4.27. The predicted octanol–water partition coefficient (Wildman–Crippen LogP) is 2.58. The van der Waals surface area contributed by atoms with Crippen LogP contribution in [0.2, 0.25) is 0 Å².